The van der Waals surface area contributed by atoms with Gasteiger partial charge < -0.3 is 20.3 Å². The van der Waals surface area contributed by atoms with E-state index in [4.69, 9.17) is 15.2 Å². The van der Waals surface area contributed by atoms with E-state index >= 15 is 0 Å². The number of benzene rings is 2. The Kier molecular flexibility index (Phi) is 6.47. The Labute approximate surface area is 180 Å². The average Bonchev–Trinajstić information content (AvgIpc) is 2.74. The molecule has 0 aliphatic rings. The van der Waals surface area contributed by atoms with E-state index in [0.717, 1.165) is 6.26 Å². The highest BCUT2D eigenvalue weighted by Crippen LogP contribution is 2.34. The van der Waals surface area contributed by atoms with Gasteiger partial charge in [-0.05, 0) is 48.4 Å². The number of nitrogens with two attached hydrogens (primary N) is 1. The van der Waals surface area contributed by atoms with Crippen LogP contribution >= 0.6 is 0 Å². The summed E-state index contributed by atoms with van der Waals surface area (Å²) in [6.45, 7) is 1.32. The highest BCUT2D eigenvalue weighted by molar-refractivity contribution is 7.90. The Bertz CT molecular complexity index is 1210. The van der Waals surface area contributed by atoms with Crippen molar-refractivity contribution in [2.24, 2.45) is 0 Å². The number of pyridine rings is 1. The maximum atomic E-state index is 13.7. The molecular formula is C22H23FN2O5S. The van der Waals surface area contributed by atoms with Gasteiger partial charge in [0.15, 0.2) is 21.4 Å². The van der Waals surface area contributed by atoms with Crippen LogP contribution in [0.4, 0.5) is 10.2 Å². The summed E-state index contributed by atoms with van der Waals surface area (Å²) in [4.78, 5) is 4.18. The van der Waals surface area contributed by atoms with Gasteiger partial charge in [-0.2, -0.15) is 0 Å². The van der Waals surface area contributed by atoms with Crippen LogP contribution in [0.5, 0.6) is 11.5 Å². The molecule has 0 saturated carbocycles. The average molecular weight is 447 g/mol. The zero-order valence-electron chi connectivity index (χ0n) is 17.3. The second-order valence-corrected chi connectivity index (χ2v) is 8.99. The number of hydrogen-bond acceptors (Lipinski definition) is 7. The molecule has 0 aliphatic heterocycles. The third-order valence-electron chi connectivity index (χ3n) is 4.79. The van der Waals surface area contributed by atoms with Gasteiger partial charge >= 0.3 is 0 Å². The topological polar surface area (TPSA) is 112 Å². The lowest BCUT2D eigenvalue weighted by molar-refractivity contribution is 0.221. The largest absolute Gasteiger partial charge is 0.496 e. The summed E-state index contributed by atoms with van der Waals surface area (Å²) in [7, 11) is -2.07. The number of methoxy groups -OCH3 is 1. The molecule has 1 atom stereocenters. The number of aliphatic hydroxyl groups excluding tert-OH is 1. The molecule has 2 aromatic carbocycles. The van der Waals surface area contributed by atoms with Gasteiger partial charge in [-0.3, -0.25) is 0 Å². The zero-order chi connectivity index (χ0) is 22.8. The number of aliphatic hydroxyl groups is 1. The first-order valence-electron chi connectivity index (χ1n) is 9.34. The van der Waals surface area contributed by atoms with Gasteiger partial charge in [0.1, 0.15) is 17.7 Å². The van der Waals surface area contributed by atoms with Crippen molar-refractivity contribution in [3.63, 3.8) is 0 Å². The Hall–Kier alpha value is -3.17. The van der Waals surface area contributed by atoms with Crippen molar-refractivity contribution >= 4 is 15.7 Å². The quantitative estimate of drug-likeness (QED) is 0.571. The van der Waals surface area contributed by atoms with Crippen LogP contribution in [0.25, 0.3) is 11.1 Å². The summed E-state index contributed by atoms with van der Waals surface area (Å²) in [5, 5.41) is 9.44. The van der Waals surface area contributed by atoms with E-state index in [1.807, 2.05) is 0 Å². The van der Waals surface area contributed by atoms with Gasteiger partial charge in [-0.25, -0.2) is 17.8 Å². The van der Waals surface area contributed by atoms with Crippen LogP contribution in [0.2, 0.25) is 0 Å². The summed E-state index contributed by atoms with van der Waals surface area (Å²) in [5.74, 6) is 0.419. The van der Waals surface area contributed by atoms with Crippen molar-refractivity contribution < 1.29 is 27.4 Å². The first-order chi connectivity index (χ1) is 14.6. The zero-order valence-corrected chi connectivity index (χ0v) is 18.1. The lowest BCUT2D eigenvalue weighted by Crippen LogP contribution is -2.08. The number of aromatic nitrogens is 1. The lowest BCUT2D eigenvalue weighted by atomic mass is 10.1. The van der Waals surface area contributed by atoms with E-state index in [9.17, 15) is 17.9 Å². The van der Waals surface area contributed by atoms with Gasteiger partial charge in [0.25, 0.3) is 0 Å². The number of sulfone groups is 1. The molecule has 3 rings (SSSR count). The highest BCUT2D eigenvalue weighted by atomic mass is 32.2. The Morgan fingerprint density at radius 1 is 1.13 bits per heavy atom. The van der Waals surface area contributed by atoms with Gasteiger partial charge in [0.2, 0.25) is 0 Å². The summed E-state index contributed by atoms with van der Waals surface area (Å²) in [6.07, 6.45) is 1.97. The lowest BCUT2D eigenvalue weighted by Gasteiger charge is -2.19. The molecule has 9 heteroatoms. The maximum Gasteiger partial charge on any atom is 0.175 e. The van der Waals surface area contributed by atoms with Gasteiger partial charge in [0, 0.05) is 23.6 Å². The molecule has 1 heterocycles. The minimum atomic E-state index is -3.55. The van der Waals surface area contributed by atoms with E-state index in [1.54, 1.807) is 25.1 Å². The maximum absolute atomic E-state index is 13.7. The van der Waals surface area contributed by atoms with Crippen molar-refractivity contribution in [1.82, 2.24) is 4.98 Å². The predicted octanol–water partition coefficient (Wildman–Crippen LogP) is 3.51. The van der Waals surface area contributed by atoms with Crippen molar-refractivity contribution in [1.29, 1.82) is 0 Å². The van der Waals surface area contributed by atoms with Crippen LogP contribution in [-0.2, 0) is 16.4 Å². The molecule has 1 unspecified atom stereocenters. The number of rotatable bonds is 7. The van der Waals surface area contributed by atoms with Gasteiger partial charge in [-0.15, -0.1) is 0 Å². The summed E-state index contributed by atoms with van der Waals surface area (Å²) in [6, 6.07) is 10.4. The summed E-state index contributed by atoms with van der Waals surface area (Å²) in [5.41, 5.74) is 7.90. The molecule has 7 nitrogen and oxygen atoms in total. The molecule has 0 amide bonds. The van der Waals surface area contributed by atoms with E-state index in [1.165, 1.54) is 37.6 Å². The number of halogens is 1. The standard InChI is InChI=1S/C22H23FN2O5S/c1-13(18-10-17(23)6-7-19(18)29-2)30-20-8-16(11-25-22(20)24)14-4-5-15(12-26)21(9-14)31(3,27)28/h4-11,13,26H,12H2,1-3H3,(H2,24,25). The first-order valence-corrected chi connectivity index (χ1v) is 11.2. The van der Waals surface area contributed by atoms with E-state index in [0.29, 0.717) is 28.0 Å². The molecule has 0 bridgehead atoms. The number of hydrogen-bond donors (Lipinski definition) is 2. The van der Waals surface area contributed by atoms with Gasteiger partial charge in [0.05, 0.1) is 18.6 Å². The second kappa shape index (κ2) is 8.91. The van der Waals surface area contributed by atoms with Crippen LogP contribution in [0.3, 0.4) is 0 Å². The van der Waals surface area contributed by atoms with Crippen molar-refractivity contribution in [2.45, 2.75) is 24.5 Å². The molecule has 0 fully saturated rings. The van der Waals surface area contributed by atoms with Crippen molar-refractivity contribution in [3.8, 4) is 22.6 Å². The smallest absolute Gasteiger partial charge is 0.175 e. The van der Waals surface area contributed by atoms with E-state index < -0.39 is 28.4 Å². The van der Waals surface area contributed by atoms with Crippen molar-refractivity contribution in [3.05, 3.63) is 65.6 Å². The SMILES string of the molecule is COc1ccc(F)cc1C(C)Oc1cc(-c2ccc(CO)c(S(C)(=O)=O)c2)cnc1N. The molecule has 0 spiro atoms. The van der Waals surface area contributed by atoms with Crippen LogP contribution < -0.4 is 15.2 Å². The molecule has 31 heavy (non-hydrogen) atoms. The van der Waals surface area contributed by atoms with Crippen LogP contribution in [0, 0.1) is 5.82 Å². The fraction of sp³-hybridized carbons (Fsp3) is 0.227. The third kappa shape index (κ3) is 4.95. The third-order valence-corrected chi connectivity index (χ3v) is 5.96. The number of anilines is 1. The van der Waals surface area contributed by atoms with E-state index in [-0.39, 0.29) is 16.5 Å². The fourth-order valence-electron chi connectivity index (χ4n) is 3.19. The number of ether oxygens (including phenoxy) is 2. The normalized spacial score (nSPS) is 12.4. The molecular weight excluding hydrogens is 423 g/mol. The molecule has 0 saturated heterocycles. The second-order valence-electron chi connectivity index (χ2n) is 7.01. The highest BCUT2D eigenvalue weighted by Gasteiger charge is 2.18. The minimum absolute atomic E-state index is 0.0321. The monoisotopic (exact) mass is 446 g/mol. The molecule has 0 radical (unpaired) electrons. The summed E-state index contributed by atoms with van der Waals surface area (Å²) >= 11 is 0. The minimum Gasteiger partial charge on any atom is -0.496 e. The predicted molar refractivity (Wildman–Crippen MR) is 115 cm³/mol. The van der Waals surface area contributed by atoms with Gasteiger partial charge in [-0.1, -0.05) is 12.1 Å². The molecule has 164 valence electrons. The molecule has 1 aromatic heterocycles. The van der Waals surface area contributed by atoms with Crippen LogP contribution in [0.1, 0.15) is 24.2 Å². The van der Waals surface area contributed by atoms with Crippen LogP contribution in [0.15, 0.2) is 53.6 Å². The van der Waals surface area contributed by atoms with E-state index in [2.05, 4.69) is 4.98 Å². The molecule has 3 N–H and O–H groups in total. The Morgan fingerprint density at radius 3 is 2.52 bits per heavy atom. The van der Waals surface area contributed by atoms with Crippen molar-refractivity contribution in [2.75, 3.05) is 19.1 Å². The molecule has 0 aliphatic carbocycles. The Morgan fingerprint density at radius 2 is 1.87 bits per heavy atom. The first kappa shape index (κ1) is 22.5. The van der Waals surface area contributed by atoms with Crippen LogP contribution in [-0.4, -0.2) is 31.9 Å². The number of nitrogen functional groups attached to an aromatic ring is 1. The Balaban J connectivity index is 1.99. The molecule has 3 aromatic rings. The summed E-state index contributed by atoms with van der Waals surface area (Å²) < 4.78 is 49.1. The number of nitrogens with zero attached hydrogens (tertiary/aromatic N) is 1. The fourth-order valence-corrected chi connectivity index (χ4v) is 4.14.